The maximum atomic E-state index is 12.6. The first-order chi connectivity index (χ1) is 12.8. The van der Waals surface area contributed by atoms with Crippen LogP contribution in [0.3, 0.4) is 0 Å². The van der Waals surface area contributed by atoms with E-state index in [9.17, 15) is 8.42 Å². The molecule has 0 spiro atoms. The zero-order valence-electron chi connectivity index (χ0n) is 14.7. The molecule has 0 saturated heterocycles. The average Bonchev–Trinajstić information content (AvgIpc) is 2.96. The van der Waals surface area contributed by atoms with Crippen LogP contribution in [0.25, 0.3) is 10.9 Å². The second-order valence-electron chi connectivity index (χ2n) is 6.18. The van der Waals surface area contributed by atoms with Gasteiger partial charge in [-0.15, -0.1) is 0 Å². The molecule has 0 aliphatic heterocycles. The number of nitrogens with zero attached hydrogens (tertiary/aromatic N) is 1. The number of aromatic amines is 1. The van der Waals surface area contributed by atoms with Crippen molar-refractivity contribution in [1.29, 1.82) is 0 Å². The molecule has 0 bridgehead atoms. The molecule has 3 N–H and O–H groups in total. The molecule has 142 valence electrons. The summed E-state index contributed by atoms with van der Waals surface area (Å²) >= 11 is 12.0. The Morgan fingerprint density at radius 3 is 2.56 bits per heavy atom. The van der Waals surface area contributed by atoms with Crippen molar-refractivity contribution in [2.75, 3.05) is 16.6 Å². The minimum absolute atomic E-state index is 0.115. The Kier molecular flexibility index (Phi) is 5.64. The van der Waals surface area contributed by atoms with Crippen LogP contribution in [-0.2, 0) is 10.0 Å². The van der Waals surface area contributed by atoms with Crippen molar-refractivity contribution in [2.24, 2.45) is 0 Å². The number of aromatic nitrogens is 2. The zero-order chi connectivity index (χ0) is 19.6. The van der Waals surface area contributed by atoms with E-state index >= 15 is 0 Å². The van der Waals surface area contributed by atoms with E-state index in [4.69, 9.17) is 23.2 Å². The van der Waals surface area contributed by atoms with Gasteiger partial charge in [-0.1, -0.05) is 34.9 Å². The maximum Gasteiger partial charge on any atom is 0.261 e. The Morgan fingerprint density at radius 1 is 1.19 bits per heavy atom. The van der Waals surface area contributed by atoms with Crippen molar-refractivity contribution in [1.82, 2.24) is 10.2 Å². The summed E-state index contributed by atoms with van der Waals surface area (Å²) in [6, 6.07) is 9.27. The highest BCUT2D eigenvalue weighted by Crippen LogP contribution is 2.32. The van der Waals surface area contributed by atoms with E-state index in [0.29, 0.717) is 39.0 Å². The van der Waals surface area contributed by atoms with E-state index in [1.54, 1.807) is 12.1 Å². The Labute approximate surface area is 167 Å². The first-order valence-corrected chi connectivity index (χ1v) is 10.3. The Hall–Kier alpha value is -2.22. The number of hydrogen-bond acceptors (Lipinski definition) is 4. The zero-order valence-corrected chi connectivity index (χ0v) is 17.0. The van der Waals surface area contributed by atoms with Crippen LogP contribution >= 0.6 is 23.2 Å². The van der Waals surface area contributed by atoms with Crippen LogP contribution in [-0.4, -0.2) is 25.2 Å². The molecule has 9 heteroatoms. The van der Waals surface area contributed by atoms with Crippen LogP contribution in [0.15, 0.2) is 52.9 Å². The lowest BCUT2D eigenvalue weighted by atomic mass is 10.2. The summed E-state index contributed by atoms with van der Waals surface area (Å²) in [6.07, 6.45) is 2.02. The third-order valence-corrected chi connectivity index (χ3v) is 5.73. The second-order valence-corrected chi connectivity index (χ2v) is 8.68. The summed E-state index contributed by atoms with van der Waals surface area (Å²) in [5, 5.41) is 11.6. The second kappa shape index (κ2) is 7.80. The lowest BCUT2D eigenvalue weighted by Crippen LogP contribution is -2.13. The monoisotopic (exact) mass is 424 g/mol. The van der Waals surface area contributed by atoms with Gasteiger partial charge in [0.1, 0.15) is 10.7 Å². The molecule has 3 aromatic rings. The van der Waals surface area contributed by atoms with Gasteiger partial charge in [0, 0.05) is 17.0 Å². The van der Waals surface area contributed by atoms with Gasteiger partial charge in [0.15, 0.2) is 0 Å². The van der Waals surface area contributed by atoms with Crippen LogP contribution in [0.2, 0.25) is 10.2 Å². The first-order valence-electron chi connectivity index (χ1n) is 8.09. The summed E-state index contributed by atoms with van der Waals surface area (Å²) < 4.78 is 27.9. The molecule has 1 aromatic heterocycles. The van der Waals surface area contributed by atoms with Crippen LogP contribution in [0.1, 0.15) is 13.8 Å². The molecule has 0 aliphatic rings. The average molecular weight is 425 g/mol. The predicted molar refractivity (Wildman–Crippen MR) is 111 cm³/mol. The van der Waals surface area contributed by atoms with Crippen LogP contribution < -0.4 is 10.0 Å². The normalized spacial score (nSPS) is 11.4. The molecule has 6 nitrogen and oxygen atoms in total. The molecule has 27 heavy (non-hydrogen) atoms. The molecular weight excluding hydrogens is 407 g/mol. The Bertz CT molecular complexity index is 1100. The summed E-state index contributed by atoms with van der Waals surface area (Å²) in [5.74, 6) is 0. The molecule has 0 atom stereocenters. The number of benzene rings is 2. The highest BCUT2D eigenvalue weighted by molar-refractivity contribution is 7.92. The largest absolute Gasteiger partial charge is 0.380 e. The van der Waals surface area contributed by atoms with Crippen LogP contribution in [0, 0.1) is 0 Å². The minimum Gasteiger partial charge on any atom is -0.380 e. The molecule has 3 rings (SSSR count). The quantitative estimate of drug-likeness (QED) is 0.483. The van der Waals surface area contributed by atoms with Gasteiger partial charge in [0.25, 0.3) is 10.0 Å². The van der Waals surface area contributed by atoms with Crippen molar-refractivity contribution in [3.8, 4) is 0 Å². The topological polar surface area (TPSA) is 86.9 Å². The van der Waals surface area contributed by atoms with Gasteiger partial charge in [0.2, 0.25) is 0 Å². The number of anilines is 2. The van der Waals surface area contributed by atoms with Crippen molar-refractivity contribution in [3.05, 3.63) is 58.2 Å². The van der Waals surface area contributed by atoms with Crippen molar-refractivity contribution in [2.45, 2.75) is 18.7 Å². The molecule has 0 fully saturated rings. The van der Waals surface area contributed by atoms with Crippen LogP contribution in [0.5, 0.6) is 0 Å². The number of hydrogen-bond donors (Lipinski definition) is 3. The number of allylic oxidation sites excluding steroid dienone is 1. The molecule has 1 heterocycles. The molecule has 0 aliphatic carbocycles. The lowest BCUT2D eigenvalue weighted by molar-refractivity contribution is 0.601. The van der Waals surface area contributed by atoms with E-state index in [1.165, 1.54) is 29.8 Å². The lowest BCUT2D eigenvalue weighted by Gasteiger charge is -2.11. The molecular formula is C18H18Cl2N4O2S. The van der Waals surface area contributed by atoms with Gasteiger partial charge in [-0.25, -0.2) is 8.42 Å². The van der Waals surface area contributed by atoms with Gasteiger partial charge in [-0.3, -0.25) is 9.82 Å². The van der Waals surface area contributed by atoms with Crippen molar-refractivity contribution >= 4 is 55.5 Å². The first kappa shape index (κ1) is 19.5. The van der Waals surface area contributed by atoms with Gasteiger partial charge in [0.05, 0.1) is 16.3 Å². The predicted octanol–water partition coefficient (Wildman–Crippen LogP) is 5.05. The van der Waals surface area contributed by atoms with Gasteiger partial charge in [-0.05, 0) is 50.2 Å². The molecule has 0 radical (unpaired) electrons. The van der Waals surface area contributed by atoms with Gasteiger partial charge in [-0.2, -0.15) is 5.10 Å². The molecule has 0 unspecified atom stereocenters. The highest BCUT2D eigenvalue weighted by atomic mass is 35.5. The number of sulfonamides is 1. The van der Waals surface area contributed by atoms with Gasteiger partial charge >= 0.3 is 0 Å². The summed E-state index contributed by atoms with van der Waals surface area (Å²) in [6.45, 7) is 4.58. The fourth-order valence-electron chi connectivity index (χ4n) is 2.47. The fraction of sp³-hybridized carbons (Fsp3) is 0.167. The van der Waals surface area contributed by atoms with E-state index < -0.39 is 10.0 Å². The minimum atomic E-state index is -3.77. The summed E-state index contributed by atoms with van der Waals surface area (Å²) in [4.78, 5) is 0.115. The van der Waals surface area contributed by atoms with Crippen LogP contribution in [0.4, 0.5) is 11.4 Å². The number of H-pyrrole nitrogens is 1. The SMILES string of the molecule is CC(C)=CCNc1cc(NS(=O)(=O)c2ccc(Cl)cc2)cc2c(Cl)[nH]nc12. The molecule has 0 amide bonds. The third-order valence-electron chi connectivity index (χ3n) is 3.79. The van der Waals surface area contributed by atoms with Crippen molar-refractivity contribution < 1.29 is 8.42 Å². The van der Waals surface area contributed by atoms with Gasteiger partial charge < -0.3 is 5.32 Å². The maximum absolute atomic E-state index is 12.6. The smallest absolute Gasteiger partial charge is 0.261 e. The van der Waals surface area contributed by atoms with E-state index in [1.807, 2.05) is 19.9 Å². The number of rotatable bonds is 6. The molecule has 0 saturated carbocycles. The van der Waals surface area contributed by atoms with E-state index in [2.05, 4.69) is 20.2 Å². The highest BCUT2D eigenvalue weighted by Gasteiger charge is 2.17. The van der Waals surface area contributed by atoms with E-state index in [0.717, 1.165) is 0 Å². The third kappa shape index (κ3) is 4.55. The standard InChI is InChI=1S/C18H18Cl2N4O2S/c1-11(2)7-8-21-16-10-13(9-15-17(16)22-23-18(15)20)24-27(25,26)14-5-3-12(19)4-6-14/h3-7,9-10,21,24H,8H2,1-2H3,(H,22,23). The van der Waals surface area contributed by atoms with Crippen molar-refractivity contribution in [3.63, 3.8) is 0 Å². The molecule has 2 aromatic carbocycles. The Morgan fingerprint density at radius 2 is 1.89 bits per heavy atom. The Balaban J connectivity index is 1.97. The number of halogens is 2. The fourth-order valence-corrected chi connectivity index (χ4v) is 3.83. The number of nitrogens with one attached hydrogen (secondary N) is 3. The summed E-state index contributed by atoms with van der Waals surface area (Å²) in [5.41, 5.74) is 2.84. The number of fused-ring (bicyclic) bond motifs is 1. The summed E-state index contributed by atoms with van der Waals surface area (Å²) in [7, 11) is -3.77. The van der Waals surface area contributed by atoms with E-state index in [-0.39, 0.29) is 4.90 Å².